The molecule has 1 atom stereocenters. The topological polar surface area (TPSA) is 46.2 Å². The molecule has 70 valence electrons. The lowest BCUT2D eigenvalue weighted by atomic mass is 9.92. The lowest BCUT2D eigenvalue weighted by Crippen LogP contribution is -2.35. The summed E-state index contributed by atoms with van der Waals surface area (Å²) in [5.74, 6) is -0.0675. The Hall–Kier alpha value is -0.860. The molecule has 12 heavy (non-hydrogen) atoms. The maximum absolute atomic E-state index is 11.2. The van der Waals surface area contributed by atoms with Gasteiger partial charge >= 0.3 is 0 Å². The van der Waals surface area contributed by atoms with E-state index in [2.05, 4.69) is 5.32 Å². The molecule has 0 rings (SSSR count). The number of hydrogen-bond donors (Lipinski definition) is 1. The molecule has 1 N–H and O–H groups in total. The Balaban J connectivity index is 3.82. The van der Waals surface area contributed by atoms with Gasteiger partial charge in [0.1, 0.15) is 6.29 Å². The number of amides is 1. The van der Waals surface area contributed by atoms with Crippen LogP contribution in [0.1, 0.15) is 34.1 Å². The molecule has 0 aliphatic rings. The lowest BCUT2D eigenvalue weighted by Gasteiger charge is -2.17. The Labute approximate surface area is 73.5 Å². The van der Waals surface area contributed by atoms with Gasteiger partial charge in [0.2, 0.25) is 5.91 Å². The van der Waals surface area contributed by atoms with Crippen molar-refractivity contribution in [2.24, 2.45) is 5.41 Å². The summed E-state index contributed by atoms with van der Waals surface area (Å²) >= 11 is 0. The van der Waals surface area contributed by atoms with Crippen LogP contribution in [0.2, 0.25) is 0 Å². The van der Waals surface area contributed by atoms with Crippen molar-refractivity contribution in [1.82, 2.24) is 5.32 Å². The van der Waals surface area contributed by atoms with Crippen LogP contribution in [0.3, 0.4) is 0 Å². The number of carbonyl (C=O) groups excluding carboxylic acids is 2. The van der Waals surface area contributed by atoms with Crippen LogP contribution in [0.15, 0.2) is 0 Å². The molecule has 0 fully saturated rings. The highest BCUT2D eigenvalue weighted by Gasteiger charge is 2.16. The Morgan fingerprint density at radius 2 is 2.00 bits per heavy atom. The minimum atomic E-state index is -0.375. The standard InChI is InChI=1S/C9H17NO2/c1-7(6-11)10-8(12)5-9(2,3)4/h6-7H,5H2,1-4H3,(H,10,12)/t7-/m1/s1. The molecule has 3 heteroatoms. The molecule has 0 bridgehead atoms. The molecule has 0 aromatic heterocycles. The molecule has 0 aliphatic carbocycles. The van der Waals surface area contributed by atoms with Crippen LogP contribution in [0.4, 0.5) is 0 Å². The van der Waals surface area contributed by atoms with E-state index in [9.17, 15) is 9.59 Å². The molecule has 0 unspecified atom stereocenters. The molecule has 0 saturated heterocycles. The highest BCUT2D eigenvalue weighted by molar-refractivity contribution is 5.79. The third-order valence-electron chi connectivity index (χ3n) is 1.28. The van der Waals surface area contributed by atoms with Crippen molar-refractivity contribution in [2.75, 3.05) is 0 Å². The van der Waals surface area contributed by atoms with E-state index >= 15 is 0 Å². The van der Waals surface area contributed by atoms with Crippen molar-refractivity contribution in [3.63, 3.8) is 0 Å². The van der Waals surface area contributed by atoms with E-state index in [0.29, 0.717) is 6.42 Å². The van der Waals surface area contributed by atoms with Crippen molar-refractivity contribution in [3.8, 4) is 0 Å². The van der Waals surface area contributed by atoms with Crippen LogP contribution in [-0.4, -0.2) is 18.2 Å². The normalized spacial score (nSPS) is 13.7. The van der Waals surface area contributed by atoms with Gasteiger partial charge in [0.25, 0.3) is 0 Å². The molecule has 0 aromatic rings. The van der Waals surface area contributed by atoms with E-state index in [1.165, 1.54) is 0 Å². The summed E-state index contributed by atoms with van der Waals surface area (Å²) in [6.45, 7) is 7.61. The zero-order valence-electron chi connectivity index (χ0n) is 8.18. The summed E-state index contributed by atoms with van der Waals surface area (Å²) in [6, 6.07) is -0.375. The minimum Gasteiger partial charge on any atom is -0.347 e. The van der Waals surface area contributed by atoms with Crippen LogP contribution in [-0.2, 0) is 9.59 Å². The van der Waals surface area contributed by atoms with Crippen molar-refractivity contribution in [3.05, 3.63) is 0 Å². The predicted molar refractivity (Wildman–Crippen MR) is 47.7 cm³/mol. The second-order valence-electron chi connectivity index (χ2n) is 4.23. The Morgan fingerprint density at radius 3 is 2.33 bits per heavy atom. The van der Waals surface area contributed by atoms with Crippen molar-refractivity contribution in [2.45, 2.75) is 40.2 Å². The first-order chi connectivity index (χ1) is 5.35. The molecule has 1 amide bonds. The van der Waals surface area contributed by atoms with E-state index in [-0.39, 0.29) is 17.4 Å². The maximum Gasteiger partial charge on any atom is 0.221 e. The average molecular weight is 171 g/mol. The van der Waals surface area contributed by atoms with Gasteiger partial charge in [0.15, 0.2) is 0 Å². The molecule has 0 heterocycles. The van der Waals surface area contributed by atoms with Crippen LogP contribution in [0.25, 0.3) is 0 Å². The van der Waals surface area contributed by atoms with Crippen molar-refractivity contribution < 1.29 is 9.59 Å². The summed E-state index contributed by atoms with van der Waals surface area (Å²) in [4.78, 5) is 21.3. The van der Waals surface area contributed by atoms with Gasteiger partial charge in [0.05, 0.1) is 6.04 Å². The zero-order valence-corrected chi connectivity index (χ0v) is 8.18. The first-order valence-corrected chi connectivity index (χ1v) is 4.10. The fourth-order valence-corrected chi connectivity index (χ4v) is 0.821. The molecule has 0 aliphatic heterocycles. The van der Waals surface area contributed by atoms with Gasteiger partial charge in [-0.3, -0.25) is 4.79 Å². The van der Waals surface area contributed by atoms with Gasteiger partial charge < -0.3 is 10.1 Å². The highest BCUT2D eigenvalue weighted by Crippen LogP contribution is 2.17. The zero-order chi connectivity index (χ0) is 9.78. The average Bonchev–Trinajstić information content (AvgIpc) is 1.82. The first kappa shape index (κ1) is 11.1. The van der Waals surface area contributed by atoms with Crippen LogP contribution < -0.4 is 5.32 Å². The predicted octanol–water partition coefficient (Wildman–Crippen LogP) is 1.13. The molecular formula is C9H17NO2. The third-order valence-corrected chi connectivity index (χ3v) is 1.28. The van der Waals surface area contributed by atoms with Crippen LogP contribution in [0, 0.1) is 5.41 Å². The second-order valence-corrected chi connectivity index (χ2v) is 4.23. The van der Waals surface area contributed by atoms with Gasteiger partial charge in [0, 0.05) is 6.42 Å². The van der Waals surface area contributed by atoms with E-state index in [0.717, 1.165) is 6.29 Å². The third kappa shape index (κ3) is 5.89. The fraction of sp³-hybridized carbons (Fsp3) is 0.778. The summed E-state index contributed by atoms with van der Waals surface area (Å²) < 4.78 is 0. The van der Waals surface area contributed by atoms with Crippen molar-refractivity contribution >= 4 is 12.2 Å². The molecule has 0 saturated carbocycles. The Kier molecular flexibility index (Phi) is 3.93. The van der Waals surface area contributed by atoms with E-state index in [1.807, 2.05) is 20.8 Å². The number of nitrogens with one attached hydrogen (secondary N) is 1. The molecule has 0 spiro atoms. The van der Waals surface area contributed by atoms with Gasteiger partial charge in [-0.25, -0.2) is 0 Å². The lowest BCUT2D eigenvalue weighted by molar-refractivity contribution is -0.125. The minimum absolute atomic E-state index is 0.0211. The molecule has 0 radical (unpaired) electrons. The monoisotopic (exact) mass is 171 g/mol. The quantitative estimate of drug-likeness (QED) is 0.647. The number of hydrogen-bond acceptors (Lipinski definition) is 2. The van der Waals surface area contributed by atoms with Crippen molar-refractivity contribution in [1.29, 1.82) is 0 Å². The van der Waals surface area contributed by atoms with Gasteiger partial charge in [-0.1, -0.05) is 20.8 Å². The van der Waals surface area contributed by atoms with Crippen LogP contribution in [0.5, 0.6) is 0 Å². The van der Waals surface area contributed by atoms with Crippen LogP contribution >= 0.6 is 0 Å². The molecule has 3 nitrogen and oxygen atoms in total. The van der Waals surface area contributed by atoms with E-state index in [1.54, 1.807) is 6.92 Å². The van der Waals surface area contributed by atoms with E-state index in [4.69, 9.17) is 0 Å². The summed E-state index contributed by atoms with van der Waals surface area (Å²) in [7, 11) is 0. The van der Waals surface area contributed by atoms with Gasteiger partial charge in [-0.15, -0.1) is 0 Å². The van der Waals surface area contributed by atoms with E-state index < -0.39 is 0 Å². The molecular weight excluding hydrogens is 154 g/mol. The Bertz CT molecular complexity index is 170. The second kappa shape index (κ2) is 4.24. The number of rotatable bonds is 3. The number of aldehydes is 1. The Morgan fingerprint density at radius 1 is 1.50 bits per heavy atom. The largest absolute Gasteiger partial charge is 0.347 e. The first-order valence-electron chi connectivity index (χ1n) is 4.10. The highest BCUT2D eigenvalue weighted by atomic mass is 16.2. The number of carbonyl (C=O) groups is 2. The molecule has 0 aromatic carbocycles. The SMILES string of the molecule is C[C@H](C=O)NC(=O)CC(C)(C)C. The summed E-state index contributed by atoms with van der Waals surface area (Å²) in [6.07, 6.45) is 1.17. The smallest absolute Gasteiger partial charge is 0.221 e. The van der Waals surface area contributed by atoms with Gasteiger partial charge in [-0.2, -0.15) is 0 Å². The van der Waals surface area contributed by atoms with Gasteiger partial charge in [-0.05, 0) is 12.3 Å². The summed E-state index contributed by atoms with van der Waals surface area (Å²) in [5.41, 5.74) is -0.0211. The summed E-state index contributed by atoms with van der Waals surface area (Å²) in [5, 5.41) is 2.58. The maximum atomic E-state index is 11.2. The fourth-order valence-electron chi connectivity index (χ4n) is 0.821.